The van der Waals surface area contributed by atoms with Crippen LogP contribution in [0.4, 0.5) is 10.1 Å². The topological polar surface area (TPSA) is 99.8 Å². The van der Waals surface area contributed by atoms with E-state index in [4.69, 9.17) is 26.2 Å². The summed E-state index contributed by atoms with van der Waals surface area (Å²) in [4.78, 5) is 13.4. The Balaban J connectivity index is 1.24. The van der Waals surface area contributed by atoms with E-state index in [-0.39, 0.29) is 37.0 Å². The molecule has 3 unspecified atom stereocenters. The van der Waals surface area contributed by atoms with E-state index in [1.54, 1.807) is 30.6 Å². The molecule has 2 aromatic carbocycles. The maximum atomic E-state index is 13.4. The highest BCUT2D eigenvalue weighted by atomic mass is 35.5. The van der Waals surface area contributed by atoms with Gasteiger partial charge >= 0.3 is 0 Å². The van der Waals surface area contributed by atoms with Crippen molar-refractivity contribution < 1.29 is 19.0 Å². The lowest BCUT2D eigenvalue weighted by atomic mass is 9.92. The molecule has 0 bridgehead atoms. The van der Waals surface area contributed by atoms with Gasteiger partial charge in [0.15, 0.2) is 0 Å². The minimum Gasteiger partial charge on any atom is -0.487 e. The number of hydrogen-bond acceptors (Lipinski definition) is 8. The van der Waals surface area contributed by atoms with Gasteiger partial charge in [0.05, 0.1) is 23.0 Å². The minimum absolute atomic E-state index is 0.0398. The Kier molecular flexibility index (Phi) is 7.29. The Hall–Kier alpha value is -3.69. The number of ether oxygens (including phenoxy) is 2. The minimum atomic E-state index is -0.309. The fraction of sp³-hybridized carbons (Fsp3) is 0.269. The Morgan fingerprint density at radius 1 is 1.19 bits per heavy atom. The second kappa shape index (κ2) is 10.9. The third-order valence-corrected chi connectivity index (χ3v) is 6.16. The van der Waals surface area contributed by atoms with Gasteiger partial charge < -0.3 is 25.2 Å². The van der Waals surface area contributed by atoms with Crippen LogP contribution >= 0.6 is 11.6 Å². The number of anilines is 1. The van der Waals surface area contributed by atoms with Crippen molar-refractivity contribution in [2.24, 2.45) is 20.9 Å². The molecule has 2 heterocycles. The van der Waals surface area contributed by atoms with E-state index in [1.807, 2.05) is 24.3 Å². The number of benzene rings is 2. The molecule has 3 atom stereocenters. The first kappa shape index (κ1) is 24.0. The van der Waals surface area contributed by atoms with E-state index in [1.165, 1.54) is 12.1 Å². The van der Waals surface area contributed by atoms with Gasteiger partial charge in [-0.15, -0.1) is 0 Å². The molecule has 0 saturated carbocycles. The smallest absolute Gasteiger partial charge is 0.289 e. The number of fused-ring (bicyclic) bond motifs is 1. The van der Waals surface area contributed by atoms with Crippen LogP contribution in [0.1, 0.15) is 12.0 Å². The van der Waals surface area contributed by atoms with Gasteiger partial charge in [-0.25, -0.2) is 14.4 Å². The summed E-state index contributed by atoms with van der Waals surface area (Å²) in [5.74, 6) is 0.785. The van der Waals surface area contributed by atoms with Gasteiger partial charge in [0.25, 0.3) is 6.02 Å². The van der Waals surface area contributed by atoms with Gasteiger partial charge in [-0.05, 0) is 54.5 Å². The van der Waals surface area contributed by atoms with Crippen LogP contribution in [0.3, 0.4) is 0 Å². The van der Waals surface area contributed by atoms with E-state index in [0.29, 0.717) is 29.8 Å². The zero-order chi connectivity index (χ0) is 24.9. The summed E-state index contributed by atoms with van der Waals surface area (Å²) in [6.07, 6.45) is 8.07. The number of aliphatic hydroxyl groups excluding tert-OH is 1. The Labute approximate surface area is 212 Å². The summed E-state index contributed by atoms with van der Waals surface area (Å²) in [5.41, 5.74) is 2.29. The predicted molar refractivity (Wildman–Crippen MR) is 138 cm³/mol. The van der Waals surface area contributed by atoms with Crippen molar-refractivity contribution in [3.63, 3.8) is 0 Å². The number of halogens is 2. The summed E-state index contributed by atoms with van der Waals surface area (Å²) in [6.45, 7) is 0.734. The molecule has 8 nitrogen and oxygen atoms in total. The number of amidine groups is 2. The molecule has 186 valence electrons. The highest BCUT2D eigenvalue weighted by Gasteiger charge is 2.29. The average Bonchev–Trinajstić information content (AvgIpc) is 3.31. The van der Waals surface area contributed by atoms with E-state index in [2.05, 4.69) is 25.6 Å². The van der Waals surface area contributed by atoms with Crippen molar-refractivity contribution in [1.29, 1.82) is 0 Å². The molecule has 0 aromatic heterocycles. The molecule has 3 N–H and O–H groups in total. The molecule has 36 heavy (non-hydrogen) atoms. The molecule has 1 aliphatic carbocycles. The lowest BCUT2D eigenvalue weighted by molar-refractivity contribution is 0.248. The molecule has 0 spiro atoms. The summed E-state index contributed by atoms with van der Waals surface area (Å²) in [6, 6.07) is 11.9. The molecule has 0 amide bonds. The predicted octanol–water partition coefficient (Wildman–Crippen LogP) is 4.08. The van der Waals surface area contributed by atoms with Crippen LogP contribution in [-0.2, 0) is 11.3 Å². The first-order valence-electron chi connectivity index (χ1n) is 11.6. The summed E-state index contributed by atoms with van der Waals surface area (Å²) in [7, 11) is 0. The first-order chi connectivity index (χ1) is 17.6. The van der Waals surface area contributed by atoms with Gasteiger partial charge in [0.1, 0.15) is 37.0 Å². The lowest BCUT2D eigenvalue weighted by Gasteiger charge is -2.27. The number of aliphatic imine (C=N–C) groups is 3. The fourth-order valence-corrected chi connectivity index (χ4v) is 4.28. The summed E-state index contributed by atoms with van der Waals surface area (Å²) < 4.78 is 24.7. The Morgan fingerprint density at radius 3 is 2.94 bits per heavy atom. The van der Waals surface area contributed by atoms with Crippen molar-refractivity contribution in [2.75, 3.05) is 18.5 Å². The standard InChI is InChI=1S/C26H25ClFN5O3/c27-22-12-19(5-7-24(22)35-13-16-2-1-3-17(28)10-16)31-25-21-11-18(4-6-23(21)29-15-30-25)32-26-33-20(8-9-34)14-36-26/h1-7,10-12,15,20-21,23,34H,8-9,13-14H2,(H,32,33)(H,29,30,31). The number of hydrogen-bond donors (Lipinski definition) is 3. The van der Waals surface area contributed by atoms with Crippen LogP contribution in [0, 0.1) is 11.7 Å². The summed E-state index contributed by atoms with van der Waals surface area (Å²) in [5, 5.41) is 16.1. The van der Waals surface area contributed by atoms with E-state index in [9.17, 15) is 4.39 Å². The lowest BCUT2D eigenvalue weighted by Crippen LogP contribution is -2.36. The van der Waals surface area contributed by atoms with E-state index >= 15 is 0 Å². The third-order valence-electron chi connectivity index (χ3n) is 5.86. The molecule has 0 fully saturated rings. The first-order valence-corrected chi connectivity index (χ1v) is 12.0. The zero-order valence-electron chi connectivity index (χ0n) is 19.3. The van der Waals surface area contributed by atoms with Gasteiger partial charge in [-0.2, -0.15) is 0 Å². The second-order valence-electron chi connectivity index (χ2n) is 8.50. The van der Waals surface area contributed by atoms with Crippen LogP contribution in [0.2, 0.25) is 5.02 Å². The molecule has 3 aliphatic rings. The van der Waals surface area contributed by atoms with Gasteiger partial charge in [-0.1, -0.05) is 29.8 Å². The number of allylic oxidation sites excluding steroid dienone is 1. The van der Waals surface area contributed by atoms with Crippen LogP contribution < -0.4 is 15.4 Å². The molecule has 2 aromatic rings. The highest BCUT2D eigenvalue weighted by Crippen LogP contribution is 2.30. The van der Waals surface area contributed by atoms with Gasteiger partial charge in [0.2, 0.25) is 0 Å². The van der Waals surface area contributed by atoms with Crippen molar-refractivity contribution >= 4 is 35.5 Å². The molecule has 5 rings (SSSR count). The quantitative estimate of drug-likeness (QED) is 0.522. The molecule has 2 aliphatic heterocycles. The molecule has 10 heteroatoms. The zero-order valence-corrected chi connectivity index (χ0v) is 20.0. The van der Waals surface area contributed by atoms with Crippen molar-refractivity contribution in [2.45, 2.75) is 25.1 Å². The van der Waals surface area contributed by atoms with Crippen LogP contribution in [0.15, 0.2) is 81.4 Å². The summed E-state index contributed by atoms with van der Waals surface area (Å²) >= 11 is 6.45. The second-order valence-corrected chi connectivity index (χ2v) is 8.91. The fourth-order valence-electron chi connectivity index (χ4n) is 4.05. The molecular weight excluding hydrogens is 485 g/mol. The maximum absolute atomic E-state index is 13.4. The monoisotopic (exact) mass is 509 g/mol. The van der Waals surface area contributed by atoms with Crippen LogP contribution in [0.5, 0.6) is 5.75 Å². The van der Waals surface area contributed by atoms with E-state index in [0.717, 1.165) is 22.8 Å². The molecular formula is C26H25ClFN5O3. The van der Waals surface area contributed by atoms with E-state index < -0.39 is 0 Å². The van der Waals surface area contributed by atoms with Crippen molar-refractivity contribution in [3.05, 3.63) is 82.8 Å². The maximum Gasteiger partial charge on any atom is 0.289 e. The van der Waals surface area contributed by atoms with Crippen molar-refractivity contribution in [1.82, 2.24) is 5.32 Å². The number of nitrogens with one attached hydrogen (secondary N) is 2. The Morgan fingerprint density at radius 2 is 2.11 bits per heavy atom. The van der Waals surface area contributed by atoms with Crippen LogP contribution in [0.25, 0.3) is 0 Å². The van der Waals surface area contributed by atoms with Gasteiger partial charge in [-0.3, -0.25) is 4.99 Å². The van der Waals surface area contributed by atoms with Gasteiger partial charge in [0, 0.05) is 18.0 Å². The number of rotatable bonds is 7. The molecule has 0 radical (unpaired) electrons. The SMILES string of the molecule is OCCC1COC(NC2=CC3C(Nc4ccc(OCc5cccc(F)c5)c(Cl)c4)=NC=NC3C=C2)=N1. The Bertz CT molecular complexity index is 1280. The van der Waals surface area contributed by atoms with Crippen molar-refractivity contribution in [3.8, 4) is 5.75 Å². The molecule has 0 saturated heterocycles. The number of nitrogens with zero attached hydrogens (tertiary/aromatic N) is 3. The third kappa shape index (κ3) is 5.75. The number of aliphatic hydroxyl groups is 1. The average molecular weight is 510 g/mol. The highest BCUT2D eigenvalue weighted by molar-refractivity contribution is 6.32. The van der Waals surface area contributed by atoms with Crippen LogP contribution in [-0.4, -0.2) is 48.6 Å². The normalized spacial score (nSPS) is 22.2. The largest absolute Gasteiger partial charge is 0.487 e.